The number of benzene rings is 1. The second-order valence-corrected chi connectivity index (χ2v) is 10.6. The number of anilines is 1. The van der Waals surface area contributed by atoms with Crippen molar-refractivity contribution >= 4 is 23.3 Å². The molecule has 1 atom stereocenters. The average Bonchev–Trinajstić information content (AvgIpc) is 3.35. The lowest BCUT2D eigenvalue weighted by Gasteiger charge is -2.31. The largest absolute Gasteiger partial charge is 0.416 e. The van der Waals surface area contributed by atoms with Crippen LogP contribution in [0.25, 0.3) is 16.9 Å². The van der Waals surface area contributed by atoms with Gasteiger partial charge in [-0.1, -0.05) is 0 Å². The molecular weight excluding hydrogens is 568 g/mol. The van der Waals surface area contributed by atoms with Crippen LogP contribution in [0, 0.1) is 12.7 Å². The summed E-state index contributed by atoms with van der Waals surface area (Å²) in [5.41, 5.74) is 0.664. The molecule has 10 nitrogen and oxygen atoms in total. The highest BCUT2D eigenvalue weighted by molar-refractivity contribution is 5.96. The Balaban J connectivity index is 1.30. The molecule has 0 aliphatic carbocycles. The summed E-state index contributed by atoms with van der Waals surface area (Å²) in [6, 6.07) is 5.97. The van der Waals surface area contributed by atoms with Crippen molar-refractivity contribution in [1.82, 2.24) is 34.7 Å². The quantitative estimate of drug-likeness (QED) is 0.311. The minimum atomic E-state index is -4.65. The first-order chi connectivity index (χ1) is 20.4. The molecule has 2 amide bonds. The van der Waals surface area contributed by atoms with Gasteiger partial charge in [-0.2, -0.15) is 18.3 Å². The molecule has 1 aliphatic rings. The number of carbonyl (C=O) groups excluding carboxylic acids is 2. The molecule has 0 spiro atoms. The van der Waals surface area contributed by atoms with Crippen LogP contribution >= 0.6 is 0 Å². The molecule has 0 unspecified atom stereocenters. The molecule has 2 N–H and O–H groups in total. The van der Waals surface area contributed by atoms with Gasteiger partial charge in [0.05, 0.1) is 41.3 Å². The molecule has 4 aromatic rings. The predicted molar refractivity (Wildman–Crippen MR) is 151 cm³/mol. The minimum Gasteiger partial charge on any atom is -0.345 e. The molecule has 14 heteroatoms. The number of amides is 2. The summed E-state index contributed by atoms with van der Waals surface area (Å²) in [7, 11) is 2.05. The molecule has 0 saturated carbocycles. The molecule has 1 saturated heterocycles. The normalized spacial score (nSPS) is 15.4. The van der Waals surface area contributed by atoms with Crippen LogP contribution in [0.1, 0.15) is 40.1 Å². The number of pyridine rings is 1. The van der Waals surface area contributed by atoms with Crippen molar-refractivity contribution in [3.05, 3.63) is 77.0 Å². The molecule has 226 valence electrons. The Labute approximate surface area is 244 Å². The van der Waals surface area contributed by atoms with Gasteiger partial charge in [0.15, 0.2) is 11.5 Å². The van der Waals surface area contributed by atoms with E-state index in [1.807, 2.05) is 7.05 Å². The van der Waals surface area contributed by atoms with E-state index in [0.717, 1.165) is 32.2 Å². The van der Waals surface area contributed by atoms with Crippen molar-refractivity contribution in [3.63, 3.8) is 0 Å². The van der Waals surface area contributed by atoms with E-state index >= 15 is 0 Å². The number of fused-ring (bicyclic) bond motifs is 1. The molecule has 1 aliphatic heterocycles. The lowest BCUT2D eigenvalue weighted by atomic mass is 10.0. The van der Waals surface area contributed by atoms with Gasteiger partial charge in [-0.15, -0.1) is 0 Å². The number of carbonyl (C=O) groups is 2. The number of piperazine rings is 1. The average molecular weight is 599 g/mol. The Morgan fingerprint density at radius 2 is 1.81 bits per heavy atom. The first-order valence-electron chi connectivity index (χ1n) is 13.6. The van der Waals surface area contributed by atoms with E-state index < -0.39 is 29.5 Å². The van der Waals surface area contributed by atoms with Crippen LogP contribution in [0.2, 0.25) is 0 Å². The van der Waals surface area contributed by atoms with Gasteiger partial charge >= 0.3 is 6.18 Å². The van der Waals surface area contributed by atoms with E-state index in [9.17, 15) is 27.2 Å². The molecule has 43 heavy (non-hydrogen) atoms. The van der Waals surface area contributed by atoms with E-state index in [4.69, 9.17) is 0 Å². The lowest BCUT2D eigenvalue weighted by molar-refractivity contribution is -0.137. The molecule has 1 aromatic carbocycles. The van der Waals surface area contributed by atoms with Crippen molar-refractivity contribution in [2.24, 2.45) is 0 Å². The van der Waals surface area contributed by atoms with E-state index in [2.05, 4.69) is 35.5 Å². The van der Waals surface area contributed by atoms with Gasteiger partial charge in [0.2, 0.25) is 5.91 Å². The third kappa shape index (κ3) is 6.97. The number of aryl methyl sites for hydroxylation is 1. The fraction of sp³-hybridized carbons (Fsp3) is 0.345. The molecule has 3 aromatic heterocycles. The fourth-order valence-corrected chi connectivity index (χ4v) is 4.79. The summed E-state index contributed by atoms with van der Waals surface area (Å²) in [4.78, 5) is 38.7. The number of halogens is 4. The predicted octanol–water partition coefficient (Wildman–Crippen LogP) is 3.93. The van der Waals surface area contributed by atoms with Crippen molar-refractivity contribution in [2.45, 2.75) is 26.1 Å². The number of rotatable bonds is 7. The Bertz CT molecular complexity index is 1660. The van der Waals surface area contributed by atoms with Crippen LogP contribution in [-0.4, -0.2) is 81.0 Å². The maximum absolute atomic E-state index is 14.4. The Kier molecular flexibility index (Phi) is 8.42. The SMILES string of the molecule is Cc1ncc(-c2ccc3nc(NC(=O)CN4CCN(C)CC4)cn3n2)cc1C(=O)N[C@H](C)c1cc(C(F)(F)F)ccc1F. The molecule has 5 rings (SSSR count). The summed E-state index contributed by atoms with van der Waals surface area (Å²) in [5, 5.41) is 9.91. The van der Waals surface area contributed by atoms with Gasteiger partial charge in [-0.25, -0.2) is 13.9 Å². The maximum atomic E-state index is 14.4. The van der Waals surface area contributed by atoms with Gasteiger partial charge in [-0.3, -0.25) is 19.5 Å². The summed E-state index contributed by atoms with van der Waals surface area (Å²) in [6.07, 6.45) is -1.53. The standard InChI is InChI=1S/C29H30F4N8O2/c1-17-22(28(43)35-18(2)21-13-20(29(31,32)33)4-5-23(21)30)12-19(14-34-17)24-6-7-26-36-25(15-41(26)38-24)37-27(42)16-40-10-8-39(3)9-11-40/h4-7,12-15,18H,8-11,16H2,1-3H3,(H,35,43)(H,37,42)/t18-/m1/s1. The number of nitrogens with one attached hydrogen (secondary N) is 2. The highest BCUT2D eigenvalue weighted by atomic mass is 19.4. The minimum absolute atomic E-state index is 0.154. The van der Waals surface area contributed by atoms with E-state index in [-0.39, 0.29) is 23.6 Å². The number of likely N-dealkylation sites (N-methyl/N-ethyl adjacent to an activating group) is 1. The van der Waals surface area contributed by atoms with Gasteiger partial charge < -0.3 is 15.5 Å². The van der Waals surface area contributed by atoms with Crippen molar-refractivity contribution < 1.29 is 27.2 Å². The summed E-state index contributed by atoms with van der Waals surface area (Å²) >= 11 is 0. The third-order valence-electron chi connectivity index (χ3n) is 7.32. The highest BCUT2D eigenvalue weighted by Crippen LogP contribution is 2.32. The van der Waals surface area contributed by atoms with Crippen LogP contribution in [-0.2, 0) is 11.0 Å². The zero-order valence-electron chi connectivity index (χ0n) is 23.7. The maximum Gasteiger partial charge on any atom is 0.416 e. The van der Waals surface area contributed by atoms with Gasteiger partial charge in [0.1, 0.15) is 5.82 Å². The van der Waals surface area contributed by atoms with Gasteiger partial charge in [-0.05, 0) is 57.3 Å². The fourth-order valence-electron chi connectivity index (χ4n) is 4.79. The summed E-state index contributed by atoms with van der Waals surface area (Å²) in [5.74, 6) is -1.32. The van der Waals surface area contributed by atoms with E-state index in [1.165, 1.54) is 17.6 Å². The topological polar surface area (TPSA) is 108 Å². The number of aromatic nitrogens is 4. The van der Waals surface area contributed by atoms with Gasteiger partial charge in [0.25, 0.3) is 5.91 Å². The summed E-state index contributed by atoms with van der Waals surface area (Å²) in [6.45, 7) is 6.70. The Morgan fingerprint density at radius 1 is 1.07 bits per heavy atom. The Hall–Kier alpha value is -4.43. The number of hydrogen-bond donors (Lipinski definition) is 2. The molecule has 0 bridgehead atoms. The number of nitrogens with zero attached hydrogens (tertiary/aromatic N) is 6. The molecule has 4 heterocycles. The Morgan fingerprint density at radius 3 is 2.53 bits per heavy atom. The number of hydrogen-bond acceptors (Lipinski definition) is 7. The molecule has 0 radical (unpaired) electrons. The van der Waals surface area contributed by atoms with Gasteiger partial charge in [0, 0.05) is 43.5 Å². The van der Waals surface area contributed by atoms with Crippen LogP contribution in [0.3, 0.4) is 0 Å². The smallest absolute Gasteiger partial charge is 0.345 e. The van der Waals surface area contributed by atoms with Crippen molar-refractivity contribution in [2.75, 3.05) is 45.1 Å². The van der Waals surface area contributed by atoms with E-state index in [1.54, 1.807) is 31.3 Å². The lowest BCUT2D eigenvalue weighted by Crippen LogP contribution is -2.47. The third-order valence-corrected chi connectivity index (χ3v) is 7.32. The first-order valence-corrected chi connectivity index (χ1v) is 13.6. The second-order valence-electron chi connectivity index (χ2n) is 10.6. The van der Waals surface area contributed by atoms with Crippen molar-refractivity contribution in [1.29, 1.82) is 0 Å². The summed E-state index contributed by atoms with van der Waals surface area (Å²) < 4.78 is 55.3. The second kappa shape index (κ2) is 12.1. The van der Waals surface area contributed by atoms with Crippen LogP contribution in [0.4, 0.5) is 23.4 Å². The zero-order valence-corrected chi connectivity index (χ0v) is 23.7. The van der Waals surface area contributed by atoms with Crippen LogP contribution < -0.4 is 10.6 Å². The van der Waals surface area contributed by atoms with Crippen molar-refractivity contribution in [3.8, 4) is 11.3 Å². The number of imidazole rings is 1. The first kappa shape index (κ1) is 30.0. The molecule has 1 fully saturated rings. The monoisotopic (exact) mass is 598 g/mol. The zero-order chi connectivity index (χ0) is 30.9. The van der Waals surface area contributed by atoms with E-state index in [0.29, 0.717) is 40.5 Å². The van der Waals surface area contributed by atoms with Crippen LogP contribution in [0.5, 0.6) is 0 Å². The number of alkyl halides is 3. The molecular formula is C29H30F4N8O2. The van der Waals surface area contributed by atoms with Crippen LogP contribution in [0.15, 0.2) is 48.8 Å². The highest BCUT2D eigenvalue weighted by Gasteiger charge is 2.32.